The van der Waals surface area contributed by atoms with Crippen LogP contribution in [0.1, 0.15) is 24.8 Å². The van der Waals surface area contributed by atoms with Gasteiger partial charge in [0.25, 0.3) is 0 Å². The van der Waals surface area contributed by atoms with Gasteiger partial charge >= 0.3 is 6.03 Å². The van der Waals surface area contributed by atoms with Crippen LogP contribution in [0, 0.1) is 0 Å². The fraction of sp³-hybridized carbons (Fsp3) is 0.333. The van der Waals surface area contributed by atoms with E-state index in [0.29, 0.717) is 13.1 Å². The normalized spacial score (nSPS) is 17.8. The van der Waals surface area contributed by atoms with Gasteiger partial charge in [0.1, 0.15) is 11.4 Å². The molecule has 2 aliphatic heterocycles. The highest BCUT2D eigenvalue weighted by Crippen LogP contribution is 2.36. The molecule has 0 atom stereocenters. The van der Waals surface area contributed by atoms with E-state index in [9.17, 15) is 4.79 Å². The van der Waals surface area contributed by atoms with Gasteiger partial charge in [0.05, 0.1) is 12.8 Å². The van der Waals surface area contributed by atoms with Gasteiger partial charge in [-0.15, -0.1) is 0 Å². The van der Waals surface area contributed by atoms with E-state index in [1.54, 1.807) is 7.11 Å². The summed E-state index contributed by atoms with van der Waals surface area (Å²) in [7, 11) is 1.66. The van der Waals surface area contributed by atoms with E-state index in [-0.39, 0.29) is 11.6 Å². The fourth-order valence-electron chi connectivity index (χ4n) is 3.60. The number of rotatable bonds is 3. The van der Waals surface area contributed by atoms with E-state index < -0.39 is 0 Å². The maximum Gasteiger partial charge on any atom is 0.321 e. The van der Waals surface area contributed by atoms with Crippen molar-refractivity contribution in [1.82, 2.24) is 4.90 Å². The molecule has 0 aliphatic carbocycles. The van der Waals surface area contributed by atoms with E-state index in [4.69, 9.17) is 9.57 Å². The number of benzene rings is 2. The lowest BCUT2D eigenvalue weighted by Crippen LogP contribution is -2.48. The molecule has 2 heterocycles. The van der Waals surface area contributed by atoms with Gasteiger partial charge in [-0.3, -0.25) is 0 Å². The molecule has 0 radical (unpaired) electrons. The van der Waals surface area contributed by atoms with Crippen LogP contribution in [0.15, 0.2) is 58.2 Å². The van der Waals surface area contributed by atoms with Crippen LogP contribution in [0.5, 0.6) is 5.75 Å². The Kier molecular flexibility index (Phi) is 5.26. The summed E-state index contributed by atoms with van der Waals surface area (Å²) in [5.74, 6) is 0.806. The van der Waals surface area contributed by atoms with Crippen LogP contribution in [0.4, 0.5) is 10.5 Å². The number of carbonyl (C=O) groups excluding carboxylic acids is 1. The summed E-state index contributed by atoms with van der Waals surface area (Å²) in [6, 6.07) is 15.4. The number of hydrogen-bond acceptors (Lipinski definition) is 4. The van der Waals surface area contributed by atoms with Crippen LogP contribution in [-0.4, -0.2) is 42.4 Å². The Labute approximate surface area is 172 Å². The molecule has 1 fully saturated rings. The zero-order valence-electron chi connectivity index (χ0n) is 15.7. The summed E-state index contributed by atoms with van der Waals surface area (Å²) in [4.78, 5) is 20.2. The predicted molar refractivity (Wildman–Crippen MR) is 112 cm³/mol. The van der Waals surface area contributed by atoms with Crippen molar-refractivity contribution in [2.45, 2.75) is 24.9 Å². The van der Waals surface area contributed by atoms with Crippen molar-refractivity contribution in [3.63, 3.8) is 0 Å². The summed E-state index contributed by atoms with van der Waals surface area (Å²) in [6.45, 7) is 1.28. The van der Waals surface area contributed by atoms with Gasteiger partial charge in [0.15, 0.2) is 0 Å². The number of oxime groups is 1. The smallest absolute Gasteiger partial charge is 0.321 e. The number of anilines is 1. The molecule has 7 heteroatoms. The zero-order chi connectivity index (χ0) is 19.6. The summed E-state index contributed by atoms with van der Waals surface area (Å²) in [6.07, 6.45) is 2.28. The van der Waals surface area contributed by atoms with Crippen molar-refractivity contribution >= 4 is 33.4 Å². The van der Waals surface area contributed by atoms with Crippen LogP contribution < -0.4 is 10.1 Å². The lowest BCUT2D eigenvalue weighted by atomic mass is 9.85. The molecule has 146 valence electrons. The maximum atomic E-state index is 12.5. The Morgan fingerprint density at radius 1 is 1.21 bits per heavy atom. The minimum atomic E-state index is -0.313. The first kappa shape index (κ1) is 18.8. The van der Waals surface area contributed by atoms with Crippen molar-refractivity contribution in [2.75, 3.05) is 25.5 Å². The Bertz CT molecular complexity index is 890. The molecule has 1 saturated heterocycles. The number of urea groups is 1. The largest absolute Gasteiger partial charge is 0.497 e. The van der Waals surface area contributed by atoms with Crippen LogP contribution in [-0.2, 0) is 4.84 Å². The third-order valence-corrected chi connectivity index (χ3v) is 5.83. The third kappa shape index (κ3) is 3.99. The highest BCUT2D eigenvalue weighted by Gasteiger charge is 2.43. The van der Waals surface area contributed by atoms with Gasteiger partial charge in [-0.1, -0.05) is 33.2 Å². The second-order valence-corrected chi connectivity index (χ2v) is 8.06. The Morgan fingerprint density at radius 3 is 2.68 bits per heavy atom. The molecule has 28 heavy (non-hydrogen) atoms. The topological polar surface area (TPSA) is 63.2 Å². The fourth-order valence-corrected chi connectivity index (χ4v) is 3.86. The van der Waals surface area contributed by atoms with Crippen LogP contribution >= 0.6 is 15.9 Å². The number of nitrogens with one attached hydrogen (secondary N) is 1. The number of amides is 2. The average molecular weight is 444 g/mol. The van der Waals surface area contributed by atoms with Gasteiger partial charge < -0.3 is 19.8 Å². The lowest BCUT2D eigenvalue weighted by molar-refractivity contribution is -0.0544. The number of nitrogens with zero attached hydrogens (tertiary/aromatic N) is 2. The van der Waals surface area contributed by atoms with Gasteiger partial charge in [0, 0.05) is 48.1 Å². The highest BCUT2D eigenvalue weighted by atomic mass is 79.9. The number of likely N-dealkylation sites (tertiary alicyclic amines) is 1. The van der Waals surface area contributed by atoms with Crippen molar-refractivity contribution < 1.29 is 14.4 Å². The number of carbonyl (C=O) groups is 1. The zero-order valence-corrected chi connectivity index (χ0v) is 17.2. The van der Waals surface area contributed by atoms with Crippen LogP contribution in [0.2, 0.25) is 0 Å². The highest BCUT2D eigenvalue weighted by molar-refractivity contribution is 9.10. The average Bonchev–Trinajstić information content (AvgIpc) is 3.14. The molecule has 0 unspecified atom stereocenters. The minimum absolute atomic E-state index is 0.0795. The van der Waals surface area contributed by atoms with E-state index in [1.165, 1.54) is 0 Å². The molecule has 1 N–H and O–H groups in total. The molecule has 0 saturated carbocycles. The molecule has 1 spiro atoms. The van der Waals surface area contributed by atoms with Gasteiger partial charge in [-0.25, -0.2) is 4.79 Å². The van der Waals surface area contributed by atoms with E-state index in [2.05, 4.69) is 26.4 Å². The molecular weight excluding hydrogens is 422 g/mol. The molecule has 2 aromatic rings. The Hall–Kier alpha value is -2.54. The first-order valence-corrected chi connectivity index (χ1v) is 10.1. The molecule has 0 bridgehead atoms. The lowest BCUT2D eigenvalue weighted by Gasteiger charge is -2.37. The van der Waals surface area contributed by atoms with Gasteiger partial charge in [-0.2, -0.15) is 0 Å². The monoisotopic (exact) mass is 443 g/mol. The number of methoxy groups -OCH3 is 1. The number of ether oxygens (including phenoxy) is 1. The summed E-state index contributed by atoms with van der Waals surface area (Å²) in [5.41, 5.74) is 2.43. The molecular formula is C21H22BrN3O3. The summed E-state index contributed by atoms with van der Waals surface area (Å²) >= 11 is 3.40. The second kappa shape index (κ2) is 7.83. The number of piperidine rings is 1. The molecule has 4 rings (SSSR count). The maximum absolute atomic E-state index is 12.5. The van der Waals surface area contributed by atoms with Crippen molar-refractivity contribution in [3.8, 4) is 5.75 Å². The minimum Gasteiger partial charge on any atom is -0.497 e. The van der Waals surface area contributed by atoms with Crippen LogP contribution in [0.25, 0.3) is 0 Å². The number of halogens is 1. The molecule has 6 nitrogen and oxygen atoms in total. The standard InChI is InChI=1S/C21H22BrN3O3/c1-27-18-4-2-3-15(13-18)19-14-21(28-24-19)9-11-25(12-10-21)20(26)23-17-7-5-16(22)6-8-17/h2-8,13H,9-12,14H2,1H3,(H,23,26). The van der Waals surface area contributed by atoms with Crippen molar-refractivity contribution in [1.29, 1.82) is 0 Å². The Morgan fingerprint density at radius 2 is 1.96 bits per heavy atom. The van der Waals surface area contributed by atoms with Crippen LogP contribution in [0.3, 0.4) is 0 Å². The quantitative estimate of drug-likeness (QED) is 0.750. The molecule has 2 amide bonds. The van der Waals surface area contributed by atoms with E-state index in [1.807, 2.05) is 53.4 Å². The van der Waals surface area contributed by atoms with Gasteiger partial charge in [0.2, 0.25) is 0 Å². The van der Waals surface area contributed by atoms with Crippen molar-refractivity contribution in [3.05, 3.63) is 58.6 Å². The molecule has 2 aromatic carbocycles. The molecule has 2 aliphatic rings. The summed E-state index contributed by atoms with van der Waals surface area (Å²) < 4.78 is 6.28. The SMILES string of the molecule is COc1cccc(C2=NOC3(CCN(C(=O)Nc4ccc(Br)cc4)CC3)C2)c1. The third-order valence-electron chi connectivity index (χ3n) is 5.30. The van der Waals surface area contributed by atoms with E-state index in [0.717, 1.165) is 46.4 Å². The van der Waals surface area contributed by atoms with Crippen molar-refractivity contribution in [2.24, 2.45) is 5.16 Å². The van der Waals surface area contributed by atoms with E-state index >= 15 is 0 Å². The first-order valence-electron chi connectivity index (χ1n) is 9.28. The Balaban J connectivity index is 1.34. The number of hydrogen-bond donors (Lipinski definition) is 1. The predicted octanol–water partition coefficient (Wildman–Crippen LogP) is 4.65. The van der Waals surface area contributed by atoms with Gasteiger partial charge in [-0.05, 0) is 36.4 Å². The molecule has 0 aromatic heterocycles. The summed E-state index contributed by atoms with van der Waals surface area (Å²) in [5, 5.41) is 7.29. The first-order chi connectivity index (χ1) is 13.6. The second-order valence-electron chi connectivity index (χ2n) is 7.15.